The number of nitrogens with zero attached hydrogens (tertiary/aromatic N) is 1. The predicted octanol–water partition coefficient (Wildman–Crippen LogP) is 0.351. The van der Waals surface area contributed by atoms with Crippen molar-refractivity contribution in [1.82, 2.24) is 10.2 Å². The molecule has 1 N–H and O–H groups in total. The average Bonchev–Trinajstić information content (AvgIpc) is 2.00. The molecule has 0 aromatic heterocycles. The first-order valence-corrected chi connectivity index (χ1v) is 7.11. The van der Waals surface area contributed by atoms with Crippen molar-refractivity contribution in [1.29, 1.82) is 0 Å². The molecule has 0 atom stereocenters. The first-order valence-electron chi connectivity index (χ1n) is 5.22. The van der Waals surface area contributed by atoms with E-state index in [9.17, 15) is 8.42 Å². The summed E-state index contributed by atoms with van der Waals surface area (Å²) in [6.07, 6.45) is 2.32. The van der Waals surface area contributed by atoms with Gasteiger partial charge < -0.3 is 10.2 Å². The Morgan fingerprint density at radius 1 is 1.27 bits per heavy atom. The zero-order valence-corrected chi connectivity index (χ0v) is 11.3. The maximum absolute atomic E-state index is 11.4. The maximum atomic E-state index is 11.4. The van der Waals surface area contributed by atoms with Crippen molar-refractivity contribution in [3.05, 3.63) is 0 Å². The molecule has 0 heterocycles. The summed E-state index contributed by atoms with van der Waals surface area (Å²) in [5.74, 6) is 0. The molecule has 0 spiro atoms. The summed E-state index contributed by atoms with van der Waals surface area (Å²) in [6, 6.07) is 0. The van der Waals surface area contributed by atoms with Crippen LogP contribution in [0.2, 0.25) is 0 Å². The zero-order chi connectivity index (χ0) is 12.1. The molecule has 0 aliphatic carbocycles. The number of nitrogens with one attached hydrogen (secondary N) is 1. The van der Waals surface area contributed by atoms with E-state index in [2.05, 4.69) is 10.2 Å². The molecule has 92 valence electrons. The summed E-state index contributed by atoms with van der Waals surface area (Å²) < 4.78 is 22.1. The van der Waals surface area contributed by atoms with E-state index in [0.29, 0.717) is 6.54 Å². The van der Waals surface area contributed by atoms with Gasteiger partial charge in [-0.05, 0) is 47.5 Å². The Labute approximate surface area is 94.0 Å². The molecule has 0 fully saturated rings. The van der Waals surface area contributed by atoms with Crippen LogP contribution in [0.1, 0.15) is 20.3 Å². The molecule has 4 nitrogen and oxygen atoms in total. The fourth-order valence-electron chi connectivity index (χ4n) is 1.04. The highest BCUT2D eigenvalue weighted by Crippen LogP contribution is 2.13. The van der Waals surface area contributed by atoms with Gasteiger partial charge in [-0.25, -0.2) is 8.42 Å². The second-order valence-electron chi connectivity index (χ2n) is 4.87. The van der Waals surface area contributed by atoms with Crippen molar-refractivity contribution < 1.29 is 8.42 Å². The summed E-state index contributed by atoms with van der Waals surface area (Å²) in [4.78, 5) is 2.11. The molecule has 0 aromatic rings. The minimum Gasteiger partial charge on any atom is -0.315 e. The molecule has 0 aliphatic rings. The summed E-state index contributed by atoms with van der Waals surface area (Å²) in [5.41, 5.74) is 0. The van der Waals surface area contributed by atoms with Crippen LogP contribution in [0.3, 0.4) is 0 Å². The van der Waals surface area contributed by atoms with Gasteiger partial charge in [0.15, 0.2) is 9.84 Å². The van der Waals surface area contributed by atoms with Gasteiger partial charge in [0, 0.05) is 12.8 Å². The van der Waals surface area contributed by atoms with E-state index in [1.807, 2.05) is 14.1 Å². The van der Waals surface area contributed by atoms with Crippen molar-refractivity contribution in [3.63, 3.8) is 0 Å². The monoisotopic (exact) mass is 236 g/mol. The van der Waals surface area contributed by atoms with Crippen LogP contribution in [-0.4, -0.2) is 58.1 Å². The van der Waals surface area contributed by atoms with E-state index >= 15 is 0 Å². The molecule has 0 aliphatic heterocycles. The number of hydrogen-bond acceptors (Lipinski definition) is 4. The first kappa shape index (κ1) is 14.9. The smallest absolute Gasteiger partial charge is 0.153 e. The van der Waals surface area contributed by atoms with Gasteiger partial charge >= 0.3 is 0 Å². The largest absolute Gasteiger partial charge is 0.315 e. The SMILES string of the molecule is CN(C)CCCNCC(C)(C)S(C)(=O)=O. The van der Waals surface area contributed by atoms with E-state index in [4.69, 9.17) is 0 Å². The van der Waals surface area contributed by atoms with Crippen LogP contribution in [-0.2, 0) is 9.84 Å². The summed E-state index contributed by atoms with van der Waals surface area (Å²) in [5, 5.41) is 3.18. The molecule has 0 rings (SSSR count). The Hall–Kier alpha value is -0.130. The Bertz CT molecular complexity index is 271. The van der Waals surface area contributed by atoms with Gasteiger partial charge in [0.2, 0.25) is 0 Å². The molecular weight excluding hydrogens is 212 g/mol. The summed E-state index contributed by atoms with van der Waals surface area (Å²) >= 11 is 0. The van der Waals surface area contributed by atoms with Gasteiger partial charge in [-0.15, -0.1) is 0 Å². The second-order valence-corrected chi connectivity index (χ2v) is 7.51. The average molecular weight is 236 g/mol. The van der Waals surface area contributed by atoms with Crippen molar-refractivity contribution >= 4 is 9.84 Å². The minimum absolute atomic E-state index is 0.513. The Morgan fingerprint density at radius 3 is 2.20 bits per heavy atom. The highest BCUT2D eigenvalue weighted by Gasteiger charge is 2.29. The molecule has 15 heavy (non-hydrogen) atoms. The van der Waals surface area contributed by atoms with Gasteiger partial charge in [-0.1, -0.05) is 0 Å². The molecule has 0 saturated heterocycles. The Kier molecular flexibility index (Phi) is 5.77. The third-order valence-electron chi connectivity index (χ3n) is 2.51. The number of sulfone groups is 1. The van der Waals surface area contributed by atoms with Crippen molar-refractivity contribution in [2.45, 2.75) is 25.0 Å². The fourth-order valence-corrected chi connectivity index (χ4v) is 1.41. The Morgan fingerprint density at radius 2 is 1.80 bits per heavy atom. The van der Waals surface area contributed by atoms with E-state index in [0.717, 1.165) is 19.5 Å². The van der Waals surface area contributed by atoms with Crippen molar-refractivity contribution in [2.24, 2.45) is 0 Å². The third-order valence-corrected chi connectivity index (χ3v) is 4.67. The lowest BCUT2D eigenvalue weighted by Gasteiger charge is -2.23. The lowest BCUT2D eigenvalue weighted by atomic mass is 10.2. The maximum Gasteiger partial charge on any atom is 0.153 e. The molecule has 0 saturated carbocycles. The van der Waals surface area contributed by atoms with Crippen LogP contribution in [0.5, 0.6) is 0 Å². The molecule has 0 bridgehead atoms. The molecular formula is C10H24N2O2S. The van der Waals surface area contributed by atoms with Crippen LogP contribution in [0.15, 0.2) is 0 Å². The van der Waals surface area contributed by atoms with E-state index in [-0.39, 0.29) is 0 Å². The van der Waals surface area contributed by atoms with E-state index < -0.39 is 14.6 Å². The quantitative estimate of drug-likeness (QED) is 0.648. The number of rotatable bonds is 7. The van der Waals surface area contributed by atoms with Crippen LogP contribution in [0.4, 0.5) is 0 Å². The van der Waals surface area contributed by atoms with Gasteiger partial charge in [0.1, 0.15) is 0 Å². The highest BCUT2D eigenvalue weighted by atomic mass is 32.2. The van der Waals surface area contributed by atoms with Crippen molar-refractivity contribution in [2.75, 3.05) is 40.0 Å². The van der Waals surface area contributed by atoms with Gasteiger partial charge in [-0.3, -0.25) is 0 Å². The topological polar surface area (TPSA) is 49.4 Å². The normalized spacial score (nSPS) is 13.5. The molecule has 5 heteroatoms. The lowest BCUT2D eigenvalue weighted by molar-refractivity contribution is 0.392. The van der Waals surface area contributed by atoms with E-state index in [1.165, 1.54) is 6.26 Å². The van der Waals surface area contributed by atoms with Crippen LogP contribution in [0.25, 0.3) is 0 Å². The van der Waals surface area contributed by atoms with Crippen molar-refractivity contribution in [3.8, 4) is 0 Å². The first-order chi connectivity index (χ1) is 6.67. The molecule has 0 aromatic carbocycles. The van der Waals surface area contributed by atoms with Crippen LogP contribution in [0, 0.1) is 0 Å². The molecule has 0 amide bonds. The second kappa shape index (κ2) is 5.82. The standard InChI is InChI=1S/C10H24N2O2S/c1-10(2,15(5,13)14)9-11-7-6-8-12(3)4/h11H,6-9H2,1-5H3. The third kappa shape index (κ3) is 6.12. The van der Waals surface area contributed by atoms with Gasteiger partial charge in [0.05, 0.1) is 4.75 Å². The predicted molar refractivity (Wildman–Crippen MR) is 65.0 cm³/mol. The highest BCUT2D eigenvalue weighted by molar-refractivity contribution is 7.92. The zero-order valence-electron chi connectivity index (χ0n) is 10.5. The van der Waals surface area contributed by atoms with Gasteiger partial charge in [-0.2, -0.15) is 0 Å². The summed E-state index contributed by atoms with van der Waals surface area (Å²) in [6.45, 7) is 5.89. The lowest BCUT2D eigenvalue weighted by Crippen LogP contribution is -2.42. The minimum atomic E-state index is -2.98. The number of hydrogen-bond donors (Lipinski definition) is 1. The summed E-state index contributed by atoms with van der Waals surface area (Å²) in [7, 11) is 1.08. The van der Waals surface area contributed by atoms with Crippen LogP contribution >= 0.6 is 0 Å². The van der Waals surface area contributed by atoms with E-state index in [1.54, 1.807) is 13.8 Å². The molecule has 0 unspecified atom stereocenters. The Balaban J connectivity index is 3.78. The fraction of sp³-hybridized carbons (Fsp3) is 1.00. The molecule has 0 radical (unpaired) electrons. The van der Waals surface area contributed by atoms with Crippen LogP contribution < -0.4 is 5.32 Å². The van der Waals surface area contributed by atoms with Gasteiger partial charge in [0.25, 0.3) is 0 Å².